The molecular weight excluding hydrogens is 836 g/mol. The highest BCUT2D eigenvalue weighted by Gasteiger charge is 2.48. The van der Waals surface area contributed by atoms with Crippen LogP contribution < -0.4 is 10.9 Å². The monoisotopic (exact) mass is 876 g/mol. The fourth-order valence-electron chi connectivity index (χ4n) is 8.15. The molecule has 10 atom stereocenters. The summed E-state index contributed by atoms with van der Waals surface area (Å²) in [5, 5.41) is 151. The van der Waals surface area contributed by atoms with Crippen LogP contribution in [0.2, 0.25) is 0 Å². The fourth-order valence-corrected chi connectivity index (χ4v) is 8.15. The third kappa shape index (κ3) is 7.17. The summed E-state index contributed by atoms with van der Waals surface area (Å²) in [5.74, 6) is -4.88. The number of benzene rings is 4. The first kappa shape index (κ1) is 43.4. The molecule has 0 radical (unpaired) electrons. The van der Waals surface area contributed by atoms with Gasteiger partial charge in [0.1, 0.15) is 129 Å². The predicted molar refractivity (Wildman–Crippen MR) is 214 cm³/mol. The Morgan fingerprint density at radius 2 is 0.810 bits per heavy atom. The van der Waals surface area contributed by atoms with Crippen LogP contribution in [-0.2, 0) is 15.9 Å². The average Bonchev–Trinajstić information content (AvgIpc) is 3.26. The molecular formula is C43H40O20. The van der Waals surface area contributed by atoms with Gasteiger partial charge in [0.05, 0.1) is 24.3 Å². The number of aromatic hydroxyl groups is 6. The molecule has 0 aliphatic carbocycles. The van der Waals surface area contributed by atoms with Gasteiger partial charge < -0.3 is 89.8 Å². The minimum Gasteiger partial charge on any atom is -0.508 e. The number of hydrogen-bond donors (Lipinski definition) is 14. The number of ether oxygens (including phenoxy) is 2. The van der Waals surface area contributed by atoms with E-state index in [0.717, 1.165) is 12.1 Å². The Morgan fingerprint density at radius 3 is 1.14 bits per heavy atom. The van der Waals surface area contributed by atoms with Crippen molar-refractivity contribution in [1.82, 2.24) is 0 Å². The van der Waals surface area contributed by atoms with E-state index in [1.807, 2.05) is 0 Å². The van der Waals surface area contributed by atoms with E-state index < -0.39 is 159 Å². The molecule has 6 aromatic rings. The maximum absolute atomic E-state index is 14.1. The number of phenolic OH excluding ortho intramolecular Hbond substituents is 6. The van der Waals surface area contributed by atoms with Crippen LogP contribution in [0.3, 0.4) is 0 Å². The molecule has 20 nitrogen and oxygen atoms in total. The third-order valence-corrected chi connectivity index (χ3v) is 11.5. The Kier molecular flexibility index (Phi) is 11.3. The summed E-state index contributed by atoms with van der Waals surface area (Å²) >= 11 is 0. The van der Waals surface area contributed by atoms with Crippen molar-refractivity contribution >= 4 is 21.9 Å². The van der Waals surface area contributed by atoms with Crippen LogP contribution in [-0.4, -0.2) is 134 Å². The van der Waals surface area contributed by atoms with Crippen molar-refractivity contribution in [3.63, 3.8) is 0 Å². The zero-order valence-corrected chi connectivity index (χ0v) is 32.4. The van der Waals surface area contributed by atoms with Gasteiger partial charge >= 0.3 is 0 Å². The Labute approximate surface area is 352 Å². The van der Waals surface area contributed by atoms with E-state index >= 15 is 0 Å². The lowest BCUT2D eigenvalue weighted by atomic mass is 9.85. The van der Waals surface area contributed by atoms with Crippen molar-refractivity contribution < 1.29 is 89.8 Å². The van der Waals surface area contributed by atoms with E-state index in [0.29, 0.717) is 0 Å². The maximum atomic E-state index is 14.1. The Hall–Kier alpha value is -6.30. The largest absolute Gasteiger partial charge is 0.508 e. The van der Waals surface area contributed by atoms with Crippen LogP contribution in [0.4, 0.5) is 0 Å². The topological polar surface area (TPSA) is 362 Å². The molecule has 0 spiro atoms. The molecule has 0 amide bonds. The molecule has 2 aliphatic heterocycles. The molecule has 14 N–H and O–H groups in total. The third-order valence-electron chi connectivity index (χ3n) is 11.5. The lowest BCUT2D eigenvalue weighted by molar-refractivity contribution is -0.232. The summed E-state index contributed by atoms with van der Waals surface area (Å²) in [7, 11) is 0. The fraction of sp³-hybridized carbons (Fsp3) is 0.302. The first-order valence-corrected chi connectivity index (χ1v) is 19.3. The van der Waals surface area contributed by atoms with Gasteiger partial charge in [-0.05, 0) is 48.5 Å². The molecule has 0 saturated carbocycles. The molecule has 8 rings (SSSR count). The van der Waals surface area contributed by atoms with Crippen molar-refractivity contribution in [1.29, 1.82) is 0 Å². The van der Waals surface area contributed by atoms with E-state index in [2.05, 4.69) is 0 Å². The van der Waals surface area contributed by atoms with Crippen LogP contribution in [0.1, 0.15) is 34.5 Å². The second-order valence-electron chi connectivity index (χ2n) is 15.3. The smallest absolute Gasteiger partial charge is 0.197 e. The Balaban J connectivity index is 1.46. The number of rotatable bonds is 8. The molecule has 332 valence electrons. The van der Waals surface area contributed by atoms with Crippen LogP contribution in [0.25, 0.3) is 44.6 Å². The molecule has 0 bridgehead atoms. The zero-order chi connectivity index (χ0) is 45.3. The Bertz CT molecular complexity index is 2640. The molecule has 4 unspecified atom stereocenters. The van der Waals surface area contributed by atoms with Gasteiger partial charge in [-0.1, -0.05) is 0 Å². The van der Waals surface area contributed by atoms with Gasteiger partial charge in [-0.15, -0.1) is 0 Å². The van der Waals surface area contributed by atoms with Crippen molar-refractivity contribution in [2.24, 2.45) is 0 Å². The van der Waals surface area contributed by atoms with Crippen molar-refractivity contribution in [3.8, 4) is 57.1 Å². The van der Waals surface area contributed by atoms with Crippen molar-refractivity contribution in [2.75, 3.05) is 13.2 Å². The maximum Gasteiger partial charge on any atom is 0.197 e. The van der Waals surface area contributed by atoms with E-state index in [1.54, 1.807) is 0 Å². The van der Waals surface area contributed by atoms with Crippen molar-refractivity contribution in [2.45, 2.75) is 67.5 Å². The van der Waals surface area contributed by atoms with Gasteiger partial charge in [-0.25, -0.2) is 0 Å². The first-order valence-electron chi connectivity index (χ1n) is 19.3. The highest BCUT2D eigenvalue weighted by Crippen LogP contribution is 2.51. The molecule has 4 aromatic carbocycles. The lowest BCUT2D eigenvalue weighted by Gasteiger charge is -2.40. The number of aliphatic hydroxyl groups excluding tert-OH is 8. The first-order chi connectivity index (χ1) is 30.0. The molecule has 2 saturated heterocycles. The summed E-state index contributed by atoms with van der Waals surface area (Å²) in [5.41, 5.74) is -5.38. The average molecular weight is 877 g/mol. The minimum atomic E-state index is -2.14. The van der Waals surface area contributed by atoms with Crippen LogP contribution in [0.15, 0.2) is 79.1 Å². The summed E-state index contributed by atoms with van der Waals surface area (Å²) in [6.07, 6.45) is -20.2. The predicted octanol–water partition coefficient (Wildman–Crippen LogP) is 0.0876. The SMILES string of the molecule is O=c1cc(-c2ccc(O)cc2)oc2c(Cc3c(O)c([C@H]4OC(CO)C(O)[C@H](O)[C@H]4O)c(O)c4c(=O)cc(-c5ccc(O)cc5)oc34)c(O)c(C3OC(CO)[C@H](O)[C@H](O)[C@@H]3O)c(O)c12. The molecule has 2 aliphatic rings. The Morgan fingerprint density at radius 1 is 0.460 bits per heavy atom. The van der Waals surface area contributed by atoms with E-state index in [1.165, 1.54) is 48.5 Å². The molecule has 2 fully saturated rings. The number of aliphatic hydroxyl groups is 8. The van der Waals surface area contributed by atoms with E-state index in [9.17, 15) is 81.1 Å². The summed E-state index contributed by atoms with van der Waals surface area (Å²) in [4.78, 5) is 28.2. The highest BCUT2D eigenvalue weighted by atomic mass is 16.6. The van der Waals surface area contributed by atoms with Crippen LogP contribution in [0.5, 0.6) is 34.5 Å². The summed E-state index contributed by atoms with van der Waals surface area (Å²) in [6, 6.07) is 12.4. The van der Waals surface area contributed by atoms with E-state index in [4.69, 9.17) is 18.3 Å². The second kappa shape index (κ2) is 16.4. The standard InChI is InChI=1S/C43H40O20/c44-12-24-32(52)36(56)38(58)42(62-24)28-30(50)18(40-26(34(28)54)20(48)10-22(60-40)14-1-5-16(46)6-2-14)9-19-31(51)29(43-39(59)37(57)33(53)25(13-45)63-43)35(55)27-21(49)11-23(61-41(19)27)15-3-7-17(47)8-4-15/h1-8,10-11,24-25,32-33,36-39,42-47,50-59H,9,12-13H2/t24?,25?,32-,33?,36-,37-,38-,39+,42?,43+/m0/s1. The van der Waals surface area contributed by atoms with Crippen LogP contribution >= 0.6 is 0 Å². The van der Waals surface area contributed by atoms with Gasteiger partial charge in [0, 0.05) is 40.8 Å². The normalized spacial score (nSPS) is 26.3. The number of phenols is 6. The summed E-state index contributed by atoms with van der Waals surface area (Å²) in [6.45, 7) is -1.87. The molecule has 63 heavy (non-hydrogen) atoms. The summed E-state index contributed by atoms with van der Waals surface area (Å²) < 4.78 is 23.7. The highest BCUT2D eigenvalue weighted by molar-refractivity contribution is 5.95. The van der Waals surface area contributed by atoms with Crippen molar-refractivity contribution in [3.05, 3.63) is 103 Å². The van der Waals surface area contributed by atoms with Crippen LogP contribution in [0, 0.1) is 0 Å². The van der Waals surface area contributed by atoms with Gasteiger partial charge in [-0.2, -0.15) is 0 Å². The van der Waals surface area contributed by atoms with Gasteiger partial charge in [0.15, 0.2) is 10.9 Å². The molecule has 20 heteroatoms. The molecule has 4 heterocycles. The molecule has 2 aromatic heterocycles. The number of fused-ring (bicyclic) bond motifs is 2. The quantitative estimate of drug-likeness (QED) is 0.0963. The minimum absolute atomic E-state index is 0.153. The van der Waals surface area contributed by atoms with Gasteiger partial charge in [-0.3, -0.25) is 9.59 Å². The second-order valence-corrected chi connectivity index (χ2v) is 15.3. The lowest BCUT2D eigenvalue weighted by Crippen LogP contribution is -2.55. The number of hydrogen-bond acceptors (Lipinski definition) is 20. The van der Waals surface area contributed by atoms with E-state index in [-0.39, 0.29) is 34.1 Å². The zero-order valence-electron chi connectivity index (χ0n) is 32.4. The van der Waals surface area contributed by atoms with Gasteiger partial charge in [0.25, 0.3) is 0 Å². The van der Waals surface area contributed by atoms with Gasteiger partial charge in [0.2, 0.25) is 0 Å².